The lowest BCUT2D eigenvalue weighted by Crippen LogP contribution is -1.97. The van der Waals surface area contributed by atoms with Crippen molar-refractivity contribution in [3.63, 3.8) is 0 Å². The highest BCUT2D eigenvalue weighted by molar-refractivity contribution is 5.70. The van der Waals surface area contributed by atoms with Gasteiger partial charge in [0, 0.05) is 0 Å². The van der Waals surface area contributed by atoms with Crippen LogP contribution in [-0.4, -0.2) is 13.1 Å². The average Bonchev–Trinajstić information content (AvgIpc) is 1.83. The van der Waals surface area contributed by atoms with Gasteiger partial charge in [-0.1, -0.05) is 6.08 Å². The second-order valence-corrected chi connectivity index (χ2v) is 1.21. The molecule has 0 amide bonds. The average molecular weight is 115 g/mol. The maximum Gasteiger partial charge on any atom is 0.309 e. The highest BCUT2D eigenvalue weighted by atomic mass is 16.5. The number of rotatable bonds is 2. The van der Waals surface area contributed by atoms with Crippen molar-refractivity contribution < 1.29 is 9.53 Å². The molecule has 0 aliphatic rings. The Morgan fingerprint density at radius 3 is 2.88 bits per heavy atom. The van der Waals surface area contributed by atoms with Crippen molar-refractivity contribution in [1.29, 1.82) is 0 Å². The summed E-state index contributed by atoms with van der Waals surface area (Å²) in [5.74, 6) is -0.272. The molecule has 0 spiro atoms. The summed E-state index contributed by atoms with van der Waals surface area (Å²) >= 11 is 0. The molecule has 46 valence electrons. The Morgan fingerprint density at radius 2 is 2.50 bits per heavy atom. The molecule has 0 fully saturated rings. The van der Waals surface area contributed by atoms with Gasteiger partial charge in [0.15, 0.2) is 0 Å². The molecule has 0 heterocycles. The van der Waals surface area contributed by atoms with E-state index in [4.69, 9.17) is 5.73 Å². The number of carbonyl (C=O) groups excluding carboxylic acids is 1. The third-order valence-electron chi connectivity index (χ3n) is 0.648. The predicted molar refractivity (Wildman–Crippen MR) is 30.0 cm³/mol. The van der Waals surface area contributed by atoms with Gasteiger partial charge in [-0.05, 0) is 6.20 Å². The van der Waals surface area contributed by atoms with Crippen LogP contribution < -0.4 is 5.73 Å². The normalized spacial score (nSPS) is 9.62. The summed E-state index contributed by atoms with van der Waals surface area (Å²) in [6, 6.07) is 0. The summed E-state index contributed by atoms with van der Waals surface area (Å²) in [6.07, 6.45) is 3.11. The first-order valence-corrected chi connectivity index (χ1v) is 2.24. The highest BCUT2D eigenvalue weighted by Gasteiger charge is 1.91. The summed E-state index contributed by atoms with van der Waals surface area (Å²) in [5, 5.41) is 0. The van der Waals surface area contributed by atoms with E-state index in [0.717, 1.165) is 0 Å². The van der Waals surface area contributed by atoms with E-state index in [1.807, 2.05) is 0 Å². The van der Waals surface area contributed by atoms with Crippen LogP contribution in [0, 0.1) is 0 Å². The molecule has 0 saturated heterocycles. The fourth-order valence-electron chi connectivity index (χ4n) is 0.248. The van der Waals surface area contributed by atoms with Crippen LogP contribution in [0.4, 0.5) is 0 Å². The molecule has 0 unspecified atom stereocenters. The van der Waals surface area contributed by atoms with Gasteiger partial charge in [0.1, 0.15) is 0 Å². The van der Waals surface area contributed by atoms with E-state index in [2.05, 4.69) is 4.74 Å². The van der Waals surface area contributed by atoms with Crippen molar-refractivity contribution in [1.82, 2.24) is 0 Å². The van der Waals surface area contributed by atoms with Gasteiger partial charge in [-0.2, -0.15) is 0 Å². The molecule has 8 heavy (non-hydrogen) atoms. The molecular formula is C5H9NO2. The van der Waals surface area contributed by atoms with Gasteiger partial charge >= 0.3 is 5.97 Å². The van der Waals surface area contributed by atoms with Crippen LogP contribution in [0.15, 0.2) is 12.3 Å². The Labute approximate surface area is 48.1 Å². The van der Waals surface area contributed by atoms with Gasteiger partial charge in [-0.15, -0.1) is 0 Å². The van der Waals surface area contributed by atoms with Crippen LogP contribution in [0.25, 0.3) is 0 Å². The zero-order valence-electron chi connectivity index (χ0n) is 4.76. The zero-order valence-corrected chi connectivity index (χ0v) is 4.76. The quantitative estimate of drug-likeness (QED) is 0.516. The Kier molecular flexibility index (Phi) is 3.66. The van der Waals surface area contributed by atoms with E-state index in [0.29, 0.717) is 0 Å². The van der Waals surface area contributed by atoms with E-state index in [1.165, 1.54) is 19.4 Å². The third kappa shape index (κ3) is 3.21. The van der Waals surface area contributed by atoms with Crippen molar-refractivity contribution in [3.8, 4) is 0 Å². The van der Waals surface area contributed by atoms with E-state index in [9.17, 15) is 4.79 Å². The lowest BCUT2D eigenvalue weighted by Gasteiger charge is -1.89. The number of methoxy groups -OCH3 is 1. The maximum atomic E-state index is 10.2. The lowest BCUT2D eigenvalue weighted by molar-refractivity contribution is -0.139. The molecule has 3 heteroatoms. The largest absolute Gasteiger partial charge is 0.469 e. The monoisotopic (exact) mass is 115 g/mol. The summed E-state index contributed by atoms with van der Waals surface area (Å²) in [4.78, 5) is 10.2. The Bertz CT molecular complexity index is 98.6. The summed E-state index contributed by atoms with van der Waals surface area (Å²) in [6.45, 7) is 0. The molecule has 0 aliphatic heterocycles. The Balaban J connectivity index is 3.25. The lowest BCUT2D eigenvalue weighted by atomic mass is 10.4. The van der Waals surface area contributed by atoms with Crippen molar-refractivity contribution in [3.05, 3.63) is 12.3 Å². The molecule has 0 rings (SSSR count). The Hall–Kier alpha value is -0.990. The van der Waals surface area contributed by atoms with E-state index < -0.39 is 0 Å². The first-order valence-electron chi connectivity index (χ1n) is 2.24. The summed E-state index contributed by atoms with van der Waals surface area (Å²) < 4.78 is 4.31. The molecule has 0 saturated carbocycles. The van der Waals surface area contributed by atoms with Gasteiger partial charge in [0.25, 0.3) is 0 Å². The molecule has 0 aliphatic carbocycles. The maximum absolute atomic E-state index is 10.2. The van der Waals surface area contributed by atoms with Crippen molar-refractivity contribution in [2.24, 2.45) is 5.73 Å². The van der Waals surface area contributed by atoms with Gasteiger partial charge in [0.05, 0.1) is 13.5 Å². The number of hydrogen-bond donors (Lipinski definition) is 1. The minimum atomic E-state index is -0.272. The van der Waals surface area contributed by atoms with Crippen LogP contribution in [0.3, 0.4) is 0 Å². The first-order chi connectivity index (χ1) is 3.81. The summed E-state index contributed by atoms with van der Waals surface area (Å²) in [7, 11) is 1.34. The van der Waals surface area contributed by atoms with Gasteiger partial charge in [0.2, 0.25) is 0 Å². The van der Waals surface area contributed by atoms with Gasteiger partial charge in [-0.25, -0.2) is 0 Å². The zero-order chi connectivity index (χ0) is 6.41. The highest BCUT2D eigenvalue weighted by Crippen LogP contribution is 1.82. The van der Waals surface area contributed by atoms with Crippen LogP contribution >= 0.6 is 0 Å². The minimum Gasteiger partial charge on any atom is -0.469 e. The number of ether oxygens (including phenoxy) is 1. The molecule has 0 atom stereocenters. The van der Waals surface area contributed by atoms with Gasteiger partial charge in [-0.3, -0.25) is 4.79 Å². The second kappa shape index (κ2) is 4.18. The molecule has 0 bridgehead atoms. The van der Waals surface area contributed by atoms with Crippen LogP contribution in [-0.2, 0) is 9.53 Å². The van der Waals surface area contributed by atoms with E-state index >= 15 is 0 Å². The molecule has 0 aromatic rings. The number of carbonyl (C=O) groups is 1. The third-order valence-corrected chi connectivity index (χ3v) is 0.648. The number of esters is 1. The molecule has 0 aromatic carbocycles. The minimum absolute atomic E-state index is 0.257. The topological polar surface area (TPSA) is 52.3 Å². The molecule has 2 N–H and O–H groups in total. The standard InChI is InChI=1S/C5H9NO2/c1-8-5(7)3-2-4-6/h2,4H,3,6H2,1H3. The Morgan fingerprint density at radius 1 is 1.88 bits per heavy atom. The fourth-order valence-corrected chi connectivity index (χ4v) is 0.248. The smallest absolute Gasteiger partial charge is 0.309 e. The number of hydrogen-bond acceptors (Lipinski definition) is 3. The van der Waals surface area contributed by atoms with E-state index in [1.54, 1.807) is 0 Å². The number of nitrogens with two attached hydrogens (primary N) is 1. The fraction of sp³-hybridized carbons (Fsp3) is 0.400. The van der Waals surface area contributed by atoms with Crippen molar-refractivity contribution in [2.45, 2.75) is 6.42 Å². The van der Waals surface area contributed by atoms with Gasteiger partial charge < -0.3 is 10.5 Å². The second-order valence-electron chi connectivity index (χ2n) is 1.21. The molecule has 3 nitrogen and oxygen atoms in total. The van der Waals surface area contributed by atoms with Crippen molar-refractivity contribution >= 4 is 5.97 Å². The van der Waals surface area contributed by atoms with Crippen LogP contribution in [0.1, 0.15) is 6.42 Å². The van der Waals surface area contributed by atoms with Crippen LogP contribution in [0.5, 0.6) is 0 Å². The first kappa shape index (κ1) is 7.01. The van der Waals surface area contributed by atoms with E-state index in [-0.39, 0.29) is 12.4 Å². The summed E-state index contributed by atoms with van der Waals surface area (Å²) in [5.41, 5.74) is 4.94. The molecule has 0 aromatic heterocycles. The molecule has 0 radical (unpaired) electrons. The SMILES string of the molecule is COC(=O)CC=CN. The molecular weight excluding hydrogens is 106 g/mol. The predicted octanol–water partition coefficient (Wildman–Crippen LogP) is 0.0219. The van der Waals surface area contributed by atoms with Crippen LogP contribution in [0.2, 0.25) is 0 Å². The van der Waals surface area contributed by atoms with Crippen molar-refractivity contribution in [2.75, 3.05) is 7.11 Å².